The Bertz CT molecular complexity index is 416. The SMILES string of the molecule is CCNc1cc(C(=O)N(CC(C)C)C(C)C)ccn1. The first-order chi connectivity index (χ1) is 8.95. The zero-order valence-corrected chi connectivity index (χ0v) is 12.6. The summed E-state index contributed by atoms with van der Waals surface area (Å²) in [6, 6.07) is 3.80. The summed E-state index contributed by atoms with van der Waals surface area (Å²) in [5.74, 6) is 1.29. The first-order valence-corrected chi connectivity index (χ1v) is 6.96. The molecule has 0 aliphatic carbocycles. The molecule has 0 aromatic carbocycles. The van der Waals surface area contributed by atoms with Gasteiger partial charge in [-0.2, -0.15) is 0 Å². The summed E-state index contributed by atoms with van der Waals surface area (Å²) in [4.78, 5) is 18.7. The Hall–Kier alpha value is -1.58. The number of rotatable bonds is 6. The zero-order valence-electron chi connectivity index (χ0n) is 12.6. The van der Waals surface area contributed by atoms with E-state index in [0.29, 0.717) is 11.5 Å². The van der Waals surface area contributed by atoms with E-state index in [1.54, 1.807) is 12.3 Å². The highest BCUT2D eigenvalue weighted by molar-refractivity contribution is 5.95. The monoisotopic (exact) mass is 263 g/mol. The standard InChI is InChI=1S/C15H25N3O/c1-6-16-14-9-13(7-8-17-14)15(19)18(12(4)5)10-11(2)3/h7-9,11-12H,6,10H2,1-5H3,(H,16,17). The number of nitrogens with zero attached hydrogens (tertiary/aromatic N) is 2. The fraction of sp³-hybridized carbons (Fsp3) is 0.600. The van der Waals surface area contributed by atoms with Crippen LogP contribution in [0.4, 0.5) is 5.82 Å². The van der Waals surface area contributed by atoms with Gasteiger partial charge in [-0.25, -0.2) is 4.98 Å². The summed E-state index contributed by atoms with van der Waals surface area (Å²) in [6.45, 7) is 11.9. The summed E-state index contributed by atoms with van der Waals surface area (Å²) >= 11 is 0. The maximum Gasteiger partial charge on any atom is 0.254 e. The van der Waals surface area contributed by atoms with Crippen LogP contribution in [0.2, 0.25) is 0 Å². The summed E-state index contributed by atoms with van der Waals surface area (Å²) in [5, 5.41) is 3.13. The second-order valence-electron chi connectivity index (χ2n) is 5.41. The number of carbonyl (C=O) groups is 1. The van der Waals surface area contributed by atoms with Crippen LogP contribution in [-0.2, 0) is 0 Å². The number of pyridine rings is 1. The molecule has 0 saturated carbocycles. The summed E-state index contributed by atoms with van der Waals surface area (Å²) in [5.41, 5.74) is 0.695. The lowest BCUT2D eigenvalue weighted by atomic mass is 10.1. The van der Waals surface area contributed by atoms with Crippen LogP contribution in [0.25, 0.3) is 0 Å². The molecular formula is C15H25N3O. The molecule has 0 fully saturated rings. The third-order valence-electron chi connectivity index (χ3n) is 2.81. The lowest BCUT2D eigenvalue weighted by molar-refractivity contribution is 0.0682. The van der Waals surface area contributed by atoms with Gasteiger partial charge in [0, 0.05) is 30.9 Å². The van der Waals surface area contributed by atoms with Gasteiger partial charge in [0.2, 0.25) is 0 Å². The van der Waals surface area contributed by atoms with Crippen molar-refractivity contribution in [2.45, 2.75) is 40.7 Å². The minimum absolute atomic E-state index is 0.0743. The lowest BCUT2D eigenvalue weighted by Crippen LogP contribution is -2.39. The summed E-state index contributed by atoms with van der Waals surface area (Å²) in [7, 11) is 0. The summed E-state index contributed by atoms with van der Waals surface area (Å²) < 4.78 is 0. The topological polar surface area (TPSA) is 45.2 Å². The molecule has 0 radical (unpaired) electrons. The van der Waals surface area contributed by atoms with Crippen LogP contribution in [0, 0.1) is 5.92 Å². The number of carbonyl (C=O) groups excluding carboxylic acids is 1. The molecule has 19 heavy (non-hydrogen) atoms. The van der Waals surface area contributed by atoms with Crippen molar-refractivity contribution in [2.75, 3.05) is 18.4 Å². The molecule has 1 amide bonds. The Morgan fingerprint density at radius 2 is 2.05 bits per heavy atom. The van der Waals surface area contributed by atoms with Gasteiger partial charge in [-0.1, -0.05) is 13.8 Å². The van der Waals surface area contributed by atoms with Gasteiger partial charge < -0.3 is 10.2 Å². The Kier molecular flexibility index (Phi) is 5.80. The third kappa shape index (κ3) is 4.54. The Balaban J connectivity index is 2.92. The van der Waals surface area contributed by atoms with Crippen molar-refractivity contribution in [3.63, 3.8) is 0 Å². The number of aromatic nitrogens is 1. The fourth-order valence-corrected chi connectivity index (χ4v) is 1.93. The van der Waals surface area contributed by atoms with Gasteiger partial charge in [0.05, 0.1) is 0 Å². The van der Waals surface area contributed by atoms with Gasteiger partial charge in [-0.15, -0.1) is 0 Å². The minimum Gasteiger partial charge on any atom is -0.370 e. The molecule has 4 heteroatoms. The molecule has 0 atom stereocenters. The van der Waals surface area contributed by atoms with Crippen molar-refractivity contribution in [2.24, 2.45) is 5.92 Å². The van der Waals surface area contributed by atoms with Crippen molar-refractivity contribution < 1.29 is 4.79 Å². The number of nitrogens with one attached hydrogen (secondary N) is 1. The van der Waals surface area contributed by atoms with Crippen molar-refractivity contribution >= 4 is 11.7 Å². The molecule has 0 aliphatic heterocycles. The predicted octanol–water partition coefficient (Wildman–Crippen LogP) is 3.02. The molecule has 0 bridgehead atoms. The number of amides is 1. The Morgan fingerprint density at radius 3 is 2.58 bits per heavy atom. The van der Waals surface area contributed by atoms with Crippen molar-refractivity contribution in [1.29, 1.82) is 0 Å². The molecule has 0 unspecified atom stereocenters. The van der Waals surface area contributed by atoms with Gasteiger partial charge in [0.1, 0.15) is 5.82 Å². The van der Waals surface area contributed by atoms with E-state index in [1.165, 1.54) is 0 Å². The van der Waals surface area contributed by atoms with E-state index in [1.807, 2.05) is 31.7 Å². The largest absolute Gasteiger partial charge is 0.370 e. The highest BCUT2D eigenvalue weighted by atomic mass is 16.2. The van der Waals surface area contributed by atoms with Crippen molar-refractivity contribution in [3.8, 4) is 0 Å². The van der Waals surface area contributed by atoms with Crippen LogP contribution in [-0.4, -0.2) is 34.9 Å². The molecule has 1 aromatic heterocycles. The molecule has 0 saturated heterocycles. The van der Waals surface area contributed by atoms with Gasteiger partial charge in [0.15, 0.2) is 0 Å². The first-order valence-electron chi connectivity index (χ1n) is 6.96. The van der Waals surface area contributed by atoms with E-state index in [9.17, 15) is 4.79 Å². The smallest absolute Gasteiger partial charge is 0.254 e. The van der Waals surface area contributed by atoms with Gasteiger partial charge in [-0.3, -0.25) is 4.79 Å². The lowest BCUT2D eigenvalue weighted by Gasteiger charge is -2.28. The van der Waals surface area contributed by atoms with Gasteiger partial charge in [-0.05, 0) is 38.8 Å². The number of hydrogen-bond donors (Lipinski definition) is 1. The van der Waals surface area contributed by atoms with E-state index >= 15 is 0 Å². The maximum atomic E-state index is 12.5. The van der Waals surface area contributed by atoms with Gasteiger partial charge in [0.25, 0.3) is 5.91 Å². The zero-order chi connectivity index (χ0) is 14.4. The normalized spacial score (nSPS) is 10.9. The molecule has 4 nitrogen and oxygen atoms in total. The van der Waals surface area contributed by atoms with Crippen LogP contribution in [0.3, 0.4) is 0 Å². The Labute approximate surface area is 116 Å². The van der Waals surface area contributed by atoms with E-state index < -0.39 is 0 Å². The number of anilines is 1. The summed E-state index contributed by atoms with van der Waals surface area (Å²) in [6.07, 6.45) is 1.68. The average molecular weight is 263 g/mol. The third-order valence-corrected chi connectivity index (χ3v) is 2.81. The van der Waals surface area contributed by atoms with Crippen LogP contribution >= 0.6 is 0 Å². The highest BCUT2D eigenvalue weighted by Crippen LogP contribution is 2.13. The second-order valence-corrected chi connectivity index (χ2v) is 5.41. The number of hydrogen-bond acceptors (Lipinski definition) is 3. The fourth-order valence-electron chi connectivity index (χ4n) is 1.93. The predicted molar refractivity (Wildman–Crippen MR) is 79.4 cm³/mol. The van der Waals surface area contributed by atoms with Crippen LogP contribution in [0.5, 0.6) is 0 Å². The van der Waals surface area contributed by atoms with E-state index in [4.69, 9.17) is 0 Å². The van der Waals surface area contributed by atoms with Gasteiger partial charge >= 0.3 is 0 Å². The Morgan fingerprint density at radius 1 is 1.37 bits per heavy atom. The van der Waals surface area contributed by atoms with Crippen LogP contribution in [0.15, 0.2) is 18.3 Å². The molecule has 1 N–H and O–H groups in total. The second kappa shape index (κ2) is 7.12. The average Bonchev–Trinajstić information content (AvgIpc) is 2.35. The molecule has 0 spiro atoms. The quantitative estimate of drug-likeness (QED) is 0.858. The molecule has 1 aromatic rings. The minimum atomic E-state index is 0.0743. The molecular weight excluding hydrogens is 238 g/mol. The van der Waals surface area contributed by atoms with E-state index in [0.717, 1.165) is 18.9 Å². The van der Waals surface area contributed by atoms with E-state index in [2.05, 4.69) is 24.1 Å². The first kappa shape index (κ1) is 15.5. The molecule has 106 valence electrons. The van der Waals surface area contributed by atoms with E-state index in [-0.39, 0.29) is 11.9 Å². The maximum absolute atomic E-state index is 12.5. The molecule has 1 rings (SSSR count). The molecule has 1 heterocycles. The van der Waals surface area contributed by atoms with Crippen LogP contribution < -0.4 is 5.32 Å². The highest BCUT2D eigenvalue weighted by Gasteiger charge is 2.19. The molecule has 0 aliphatic rings. The van der Waals surface area contributed by atoms with Crippen LogP contribution in [0.1, 0.15) is 45.0 Å². The van der Waals surface area contributed by atoms with Crippen molar-refractivity contribution in [3.05, 3.63) is 23.9 Å². The van der Waals surface area contributed by atoms with Crippen molar-refractivity contribution in [1.82, 2.24) is 9.88 Å².